The fraction of sp³-hybridized carbons (Fsp3) is 0.318. The molecule has 0 saturated carbocycles. The fourth-order valence-corrected chi connectivity index (χ4v) is 3.30. The van der Waals surface area contributed by atoms with Gasteiger partial charge in [0.05, 0.1) is 19.2 Å². The molecule has 2 aromatic rings. The lowest BCUT2D eigenvalue weighted by Gasteiger charge is -2.22. The summed E-state index contributed by atoms with van der Waals surface area (Å²) in [6.07, 6.45) is 0.00889. The average molecular weight is 451 g/mol. The minimum atomic E-state index is -1.08. The van der Waals surface area contributed by atoms with Crippen LogP contribution in [0.1, 0.15) is 18.1 Å². The first-order valence-corrected chi connectivity index (χ1v) is 9.84. The van der Waals surface area contributed by atoms with Gasteiger partial charge in [0.15, 0.2) is 0 Å². The van der Waals surface area contributed by atoms with Crippen LogP contribution in [-0.2, 0) is 32.0 Å². The van der Waals surface area contributed by atoms with Crippen LogP contribution in [-0.4, -0.2) is 44.1 Å². The molecule has 2 N–H and O–H groups in total. The minimum absolute atomic E-state index is 0.0830. The summed E-state index contributed by atoms with van der Waals surface area (Å²) in [4.78, 5) is 36.8. The Bertz CT molecular complexity index is 953. The van der Waals surface area contributed by atoms with Gasteiger partial charge >= 0.3 is 5.97 Å². The van der Waals surface area contributed by atoms with Crippen LogP contribution in [0.15, 0.2) is 42.5 Å². The van der Waals surface area contributed by atoms with Crippen molar-refractivity contribution < 1.29 is 28.2 Å². The quantitative estimate of drug-likeness (QED) is 0.572. The number of carbonyl (C=O) groups is 3. The van der Waals surface area contributed by atoms with E-state index in [0.717, 1.165) is 0 Å². The summed E-state index contributed by atoms with van der Waals surface area (Å²) in [6.45, 7) is 1.25. The van der Waals surface area contributed by atoms with Crippen LogP contribution in [0.25, 0.3) is 0 Å². The summed E-state index contributed by atoms with van der Waals surface area (Å²) >= 11 is 6.13. The number of rotatable bonds is 9. The predicted molar refractivity (Wildman–Crippen MR) is 113 cm³/mol. The van der Waals surface area contributed by atoms with E-state index >= 15 is 0 Å². The van der Waals surface area contributed by atoms with Crippen LogP contribution < -0.4 is 15.4 Å². The highest BCUT2D eigenvalue weighted by Crippen LogP contribution is 2.25. The lowest BCUT2D eigenvalue weighted by molar-refractivity contribution is -0.145. The molecular weight excluding hydrogens is 427 g/mol. The fourth-order valence-electron chi connectivity index (χ4n) is 3.02. The monoisotopic (exact) mass is 450 g/mol. The second kappa shape index (κ2) is 11.3. The molecule has 0 saturated heterocycles. The van der Waals surface area contributed by atoms with E-state index in [-0.39, 0.29) is 18.4 Å². The van der Waals surface area contributed by atoms with Gasteiger partial charge in [-0.3, -0.25) is 9.59 Å². The van der Waals surface area contributed by atoms with Crippen molar-refractivity contribution in [1.29, 1.82) is 0 Å². The average Bonchev–Trinajstić information content (AvgIpc) is 2.73. The van der Waals surface area contributed by atoms with Crippen molar-refractivity contribution in [1.82, 2.24) is 10.6 Å². The molecule has 2 rings (SSSR count). The van der Waals surface area contributed by atoms with E-state index in [1.165, 1.54) is 39.3 Å². The van der Waals surface area contributed by atoms with Crippen LogP contribution in [0.3, 0.4) is 0 Å². The molecule has 0 bridgehead atoms. The molecule has 166 valence electrons. The van der Waals surface area contributed by atoms with E-state index in [1.54, 1.807) is 24.3 Å². The van der Waals surface area contributed by atoms with Gasteiger partial charge in [0.1, 0.15) is 23.7 Å². The van der Waals surface area contributed by atoms with Crippen molar-refractivity contribution in [2.45, 2.75) is 31.8 Å². The predicted octanol–water partition coefficient (Wildman–Crippen LogP) is 2.44. The smallest absolute Gasteiger partial charge is 0.328 e. The number of ether oxygens (including phenoxy) is 2. The molecule has 0 fully saturated rings. The Morgan fingerprint density at radius 2 is 1.74 bits per heavy atom. The number of amides is 2. The summed E-state index contributed by atoms with van der Waals surface area (Å²) in [5.41, 5.74) is 0.916. The summed E-state index contributed by atoms with van der Waals surface area (Å²) < 4.78 is 24.0. The lowest BCUT2D eigenvalue weighted by Crippen LogP contribution is -2.53. The highest BCUT2D eigenvalue weighted by Gasteiger charge is 2.28. The summed E-state index contributed by atoms with van der Waals surface area (Å²) in [5.74, 6) is -1.81. The molecule has 31 heavy (non-hydrogen) atoms. The maximum absolute atomic E-state index is 14.0. The minimum Gasteiger partial charge on any atom is -0.495 e. The van der Waals surface area contributed by atoms with E-state index in [4.69, 9.17) is 21.1 Å². The zero-order chi connectivity index (χ0) is 23.0. The molecule has 0 spiro atoms. The lowest BCUT2D eigenvalue weighted by atomic mass is 10.0. The standard InChI is InChI=1S/C22H24ClFN2O5/c1-13(27)25-18(12-15-6-4-5-7-17(15)24)21(28)26-19(22(29)31-3)11-14-8-9-20(30-2)16(23)10-14/h4-10,18-19H,11-12H2,1-3H3,(H,25,27)(H,26,28)/t18-,19-/m0/s1. The molecule has 7 nitrogen and oxygen atoms in total. The van der Waals surface area contributed by atoms with Crippen LogP contribution in [0.4, 0.5) is 4.39 Å². The number of hydrogen-bond acceptors (Lipinski definition) is 5. The first-order valence-electron chi connectivity index (χ1n) is 9.46. The van der Waals surface area contributed by atoms with Crippen molar-refractivity contribution in [3.05, 3.63) is 64.4 Å². The maximum Gasteiger partial charge on any atom is 0.328 e. The number of carbonyl (C=O) groups excluding carboxylic acids is 3. The van der Waals surface area contributed by atoms with Gasteiger partial charge in [0.2, 0.25) is 11.8 Å². The third-order valence-electron chi connectivity index (χ3n) is 4.53. The van der Waals surface area contributed by atoms with Crippen molar-refractivity contribution in [3.63, 3.8) is 0 Å². The Morgan fingerprint density at radius 3 is 2.32 bits per heavy atom. The molecule has 2 atom stereocenters. The molecule has 2 amide bonds. The number of benzene rings is 2. The number of hydrogen-bond donors (Lipinski definition) is 2. The topological polar surface area (TPSA) is 93.7 Å². The van der Waals surface area contributed by atoms with Gasteiger partial charge in [-0.2, -0.15) is 0 Å². The van der Waals surface area contributed by atoms with Crippen molar-refractivity contribution in [3.8, 4) is 5.75 Å². The van der Waals surface area contributed by atoms with Crippen LogP contribution >= 0.6 is 11.6 Å². The van der Waals surface area contributed by atoms with E-state index in [9.17, 15) is 18.8 Å². The molecular formula is C22H24ClFN2O5. The number of halogens is 2. The molecule has 0 heterocycles. The number of nitrogens with one attached hydrogen (secondary N) is 2. The summed E-state index contributed by atoms with van der Waals surface area (Å²) in [6, 6.07) is 8.79. The van der Waals surface area contributed by atoms with Crippen LogP contribution in [0.2, 0.25) is 5.02 Å². The van der Waals surface area contributed by atoms with Gasteiger partial charge in [0.25, 0.3) is 0 Å². The SMILES string of the molecule is COC(=O)[C@H](Cc1ccc(OC)c(Cl)c1)NC(=O)[C@H](Cc1ccccc1F)NC(C)=O. The number of esters is 1. The first-order chi connectivity index (χ1) is 14.7. The molecule has 0 aromatic heterocycles. The van der Waals surface area contributed by atoms with Gasteiger partial charge in [-0.25, -0.2) is 9.18 Å². The molecule has 0 radical (unpaired) electrons. The van der Waals surface area contributed by atoms with Crippen molar-refractivity contribution in [2.24, 2.45) is 0 Å². The van der Waals surface area contributed by atoms with Gasteiger partial charge in [-0.1, -0.05) is 35.9 Å². The van der Waals surface area contributed by atoms with Gasteiger partial charge in [-0.15, -0.1) is 0 Å². The second-order valence-corrected chi connectivity index (χ2v) is 7.21. The molecule has 9 heteroatoms. The van der Waals surface area contributed by atoms with Crippen molar-refractivity contribution in [2.75, 3.05) is 14.2 Å². The Morgan fingerprint density at radius 1 is 1.03 bits per heavy atom. The van der Waals surface area contributed by atoms with Gasteiger partial charge in [-0.05, 0) is 29.3 Å². The highest BCUT2D eigenvalue weighted by molar-refractivity contribution is 6.32. The summed E-state index contributed by atoms with van der Waals surface area (Å²) in [5, 5.41) is 5.44. The Balaban J connectivity index is 2.21. The van der Waals surface area contributed by atoms with Gasteiger partial charge in [0, 0.05) is 19.8 Å². The Labute approximate surface area is 184 Å². The molecule has 2 aromatic carbocycles. The highest BCUT2D eigenvalue weighted by atomic mass is 35.5. The van der Waals surface area contributed by atoms with Gasteiger partial charge < -0.3 is 20.1 Å². The van der Waals surface area contributed by atoms with E-state index in [1.807, 2.05) is 0 Å². The molecule has 0 aliphatic rings. The van der Waals surface area contributed by atoms with E-state index < -0.39 is 35.7 Å². The number of methoxy groups -OCH3 is 2. The largest absolute Gasteiger partial charge is 0.495 e. The summed E-state index contributed by atoms with van der Waals surface area (Å²) in [7, 11) is 2.68. The zero-order valence-corrected chi connectivity index (χ0v) is 18.2. The Kier molecular flexibility index (Phi) is 8.81. The van der Waals surface area contributed by atoms with Crippen LogP contribution in [0, 0.1) is 5.82 Å². The molecule has 0 aliphatic heterocycles. The molecule has 0 unspecified atom stereocenters. The maximum atomic E-state index is 14.0. The zero-order valence-electron chi connectivity index (χ0n) is 17.4. The van der Waals surface area contributed by atoms with E-state index in [0.29, 0.717) is 16.3 Å². The first kappa shape index (κ1) is 24.1. The third kappa shape index (κ3) is 6.96. The molecule has 0 aliphatic carbocycles. The van der Waals surface area contributed by atoms with Crippen molar-refractivity contribution >= 4 is 29.4 Å². The second-order valence-electron chi connectivity index (χ2n) is 6.81. The third-order valence-corrected chi connectivity index (χ3v) is 4.83. The van der Waals surface area contributed by atoms with E-state index in [2.05, 4.69) is 10.6 Å². The Hall–Kier alpha value is -3.13. The normalized spacial score (nSPS) is 12.4. The van der Waals surface area contributed by atoms with Crippen LogP contribution in [0.5, 0.6) is 5.75 Å².